The van der Waals surface area contributed by atoms with Crippen molar-refractivity contribution in [1.29, 1.82) is 5.26 Å². The lowest BCUT2D eigenvalue weighted by Crippen LogP contribution is -2.48. The van der Waals surface area contributed by atoms with E-state index in [0.29, 0.717) is 54.4 Å². The number of aromatic nitrogens is 4. The van der Waals surface area contributed by atoms with E-state index in [0.717, 1.165) is 12.3 Å². The molecular weight excluding hydrogens is 421 g/mol. The third kappa shape index (κ3) is 3.61. The maximum atomic E-state index is 12.8. The molecule has 1 fully saturated rings. The molecule has 1 aliphatic rings. The Morgan fingerprint density at radius 1 is 1.13 bits per heavy atom. The minimum atomic E-state index is -4.47. The summed E-state index contributed by atoms with van der Waals surface area (Å²) in [5.74, 6) is 1.20. The molecule has 0 bridgehead atoms. The summed E-state index contributed by atoms with van der Waals surface area (Å²) in [5, 5.41) is 10.1. The highest BCUT2D eigenvalue weighted by Crippen LogP contribution is 2.32. The summed E-state index contributed by atoms with van der Waals surface area (Å²) in [4.78, 5) is 17.9. The molecule has 12 heteroatoms. The van der Waals surface area contributed by atoms with E-state index in [1.807, 2.05) is 9.80 Å². The number of hydrogen-bond donors (Lipinski definition) is 1. The Bertz CT molecular complexity index is 1150. The molecule has 154 valence electrons. The Balaban J connectivity index is 1.56. The minimum Gasteiger partial charge on any atom is -0.369 e. The molecule has 0 saturated carbocycles. The van der Waals surface area contributed by atoms with Gasteiger partial charge in [0.2, 0.25) is 18.0 Å². The number of fused-ring (bicyclic) bond motifs is 1. The second kappa shape index (κ2) is 7.46. The molecule has 4 rings (SSSR count). The molecule has 4 N–H and O–H groups in total. The number of pyridine rings is 2. The van der Waals surface area contributed by atoms with Crippen LogP contribution in [-0.4, -0.2) is 36.1 Å². The molecule has 8 nitrogen and oxygen atoms in total. The van der Waals surface area contributed by atoms with Crippen molar-refractivity contribution in [1.82, 2.24) is 9.97 Å². The summed E-state index contributed by atoms with van der Waals surface area (Å²) < 4.78 is 38.5. The Labute approximate surface area is 173 Å². The monoisotopic (exact) mass is 436 g/mol. The van der Waals surface area contributed by atoms with Crippen molar-refractivity contribution in [2.75, 3.05) is 41.7 Å². The number of nitrogen functional groups attached to an aromatic ring is 1. The first-order chi connectivity index (χ1) is 14.3. The lowest BCUT2D eigenvalue weighted by molar-refractivity contribution is -0.367. The Hall–Kier alpha value is -3.39. The van der Waals surface area contributed by atoms with Crippen LogP contribution in [0.1, 0.15) is 11.1 Å². The number of aromatic amines is 2. The van der Waals surface area contributed by atoms with Crippen molar-refractivity contribution < 1.29 is 23.1 Å². The zero-order valence-corrected chi connectivity index (χ0v) is 16.2. The molecular formula is C18H16ClF3N8+2. The number of nitrogens with one attached hydrogen (secondary N) is 2. The fourth-order valence-electron chi connectivity index (χ4n) is 3.37. The van der Waals surface area contributed by atoms with E-state index in [1.54, 1.807) is 6.07 Å². The van der Waals surface area contributed by atoms with Crippen LogP contribution in [0, 0.1) is 11.3 Å². The average Bonchev–Trinajstić information content (AvgIpc) is 2.72. The fourth-order valence-corrected chi connectivity index (χ4v) is 3.67. The van der Waals surface area contributed by atoms with Gasteiger partial charge in [0.05, 0.1) is 18.7 Å². The van der Waals surface area contributed by atoms with Gasteiger partial charge in [-0.1, -0.05) is 21.6 Å². The van der Waals surface area contributed by atoms with Crippen molar-refractivity contribution >= 4 is 40.1 Å². The van der Waals surface area contributed by atoms with Crippen LogP contribution in [0.2, 0.25) is 5.02 Å². The van der Waals surface area contributed by atoms with Crippen molar-refractivity contribution in [3.05, 3.63) is 40.8 Å². The van der Waals surface area contributed by atoms with Gasteiger partial charge in [-0.3, -0.25) is 4.90 Å². The zero-order valence-electron chi connectivity index (χ0n) is 15.5. The number of hydrogen-bond acceptors (Lipinski definition) is 6. The van der Waals surface area contributed by atoms with Gasteiger partial charge in [-0.05, 0) is 12.1 Å². The van der Waals surface area contributed by atoms with Gasteiger partial charge in [0, 0.05) is 0 Å². The summed E-state index contributed by atoms with van der Waals surface area (Å²) >= 11 is 6.09. The number of piperazine rings is 1. The lowest BCUT2D eigenvalue weighted by atomic mass is 10.2. The first-order valence-corrected chi connectivity index (χ1v) is 9.31. The van der Waals surface area contributed by atoms with Gasteiger partial charge in [-0.25, -0.2) is 9.97 Å². The molecule has 4 heterocycles. The van der Waals surface area contributed by atoms with Crippen LogP contribution < -0.4 is 25.5 Å². The van der Waals surface area contributed by atoms with E-state index in [4.69, 9.17) is 17.3 Å². The Morgan fingerprint density at radius 2 is 1.83 bits per heavy atom. The Morgan fingerprint density at radius 3 is 2.47 bits per heavy atom. The largest absolute Gasteiger partial charge is 0.419 e. The number of rotatable bonds is 2. The second-order valence-corrected chi connectivity index (χ2v) is 7.12. The molecule has 0 radical (unpaired) electrons. The van der Waals surface area contributed by atoms with Gasteiger partial charge >= 0.3 is 6.18 Å². The van der Waals surface area contributed by atoms with Crippen LogP contribution in [0.4, 0.5) is 30.6 Å². The first kappa shape index (κ1) is 19.9. The zero-order chi connectivity index (χ0) is 21.5. The van der Waals surface area contributed by atoms with Gasteiger partial charge < -0.3 is 10.6 Å². The van der Waals surface area contributed by atoms with Crippen LogP contribution in [0.3, 0.4) is 0 Å². The van der Waals surface area contributed by atoms with Crippen molar-refractivity contribution in [3.8, 4) is 6.07 Å². The molecule has 30 heavy (non-hydrogen) atoms. The fraction of sp³-hybridized carbons (Fsp3) is 0.278. The normalized spacial score (nSPS) is 14.8. The Kier molecular flexibility index (Phi) is 4.95. The summed E-state index contributed by atoms with van der Waals surface area (Å²) in [5.41, 5.74) is 5.90. The van der Waals surface area contributed by atoms with E-state index in [2.05, 4.69) is 26.0 Å². The molecule has 3 aromatic heterocycles. The summed E-state index contributed by atoms with van der Waals surface area (Å²) in [6, 6.07) is 4.69. The van der Waals surface area contributed by atoms with Crippen LogP contribution in [-0.2, 0) is 6.18 Å². The van der Waals surface area contributed by atoms with Crippen molar-refractivity contribution in [2.24, 2.45) is 0 Å². The second-order valence-electron chi connectivity index (χ2n) is 6.71. The number of H-pyrrole nitrogens is 2. The number of nitrogens with two attached hydrogens (primary N) is 1. The molecule has 0 aromatic carbocycles. The highest BCUT2D eigenvalue weighted by Gasteiger charge is 2.35. The molecule has 0 atom stereocenters. The topological polar surface area (TPSA) is 110 Å². The van der Waals surface area contributed by atoms with Crippen LogP contribution in [0.15, 0.2) is 24.7 Å². The van der Waals surface area contributed by atoms with Gasteiger partial charge in [0.15, 0.2) is 0 Å². The molecule has 0 amide bonds. The van der Waals surface area contributed by atoms with Crippen LogP contribution >= 0.6 is 11.6 Å². The van der Waals surface area contributed by atoms with Gasteiger partial charge in [-0.2, -0.15) is 18.4 Å². The predicted octanol–water partition coefficient (Wildman–Crippen LogP) is 1.71. The van der Waals surface area contributed by atoms with Crippen molar-refractivity contribution in [2.45, 2.75) is 6.18 Å². The molecule has 3 aromatic rings. The third-order valence-electron chi connectivity index (χ3n) is 4.90. The number of anilines is 3. The third-order valence-corrected chi connectivity index (χ3v) is 5.19. The summed E-state index contributed by atoms with van der Waals surface area (Å²) in [6.07, 6.45) is -2.13. The standard InChI is InChI=1S/C18H14ClF3N8/c19-13-6-11(18(20,21)22)8-25-17(13)30-3-1-29(2-4-30)16-10(7-23)5-12-14(24)26-9-27-15(12)28-16/h5-6,8-9H,1-4H2,(H2,24,26,27,28)/p+2. The van der Waals surface area contributed by atoms with E-state index >= 15 is 0 Å². The van der Waals surface area contributed by atoms with Gasteiger partial charge in [0.25, 0.3) is 11.5 Å². The molecule has 0 unspecified atom stereocenters. The molecule has 0 aliphatic carbocycles. The van der Waals surface area contributed by atoms with Crippen LogP contribution in [0.5, 0.6) is 0 Å². The number of nitriles is 1. The van der Waals surface area contributed by atoms with Gasteiger partial charge in [-0.15, -0.1) is 0 Å². The smallest absolute Gasteiger partial charge is 0.369 e. The lowest BCUT2D eigenvalue weighted by Gasteiger charge is -2.31. The van der Waals surface area contributed by atoms with E-state index in [-0.39, 0.29) is 10.8 Å². The summed E-state index contributed by atoms with van der Waals surface area (Å²) in [6.45, 7) is 1.96. The number of nitrogens with zero attached hydrogens (tertiary/aromatic N) is 5. The van der Waals surface area contributed by atoms with Crippen LogP contribution in [0.25, 0.3) is 11.0 Å². The molecule has 0 spiro atoms. The summed E-state index contributed by atoms with van der Waals surface area (Å²) in [7, 11) is 0. The maximum absolute atomic E-state index is 12.8. The maximum Gasteiger partial charge on any atom is 0.419 e. The molecule has 1 saturated heterocycles. The van der Waals surface area contributed by atoms with E-state index < -0.39 is 11.7 Å². The quantitative estimate of drug-likeness (QED) is 0.654. The van der Waals surface area contributed by atoms with Gasteiger partial charge in [0.1, 0.15) is 41.3 Å². The molecule has 1 aliphatic heterocycles. The average molecular weight is 437 g/mol. The predicted molar refractivity (Wildman–Crippen MR) is 103 cm³/mol. The first-order valence-electron chi connectivity index (χ1n) is 8.93. The number of halogens is 4. The van der Waals surface area contributed by atoms with E-state index in [9.17, 15) is 18.4 Å². The van der Waals surface area contributed by atoms with Crippen molar-refractivity contribution in [3.63, 3.8) is 0 Å². The SMILES string of the molecule is N#Cc1cc2c(N)nc[nH+]c2nc1N1CCN(c2[nH+]cc(C(F)(F)F)cc2Cl)CC1. The highest BCUT2D eigenvalue weighted by atomic mass is 35.5. The number of alkyl halides is 3. The minimum absolute atomic E-state index is 0.00241. The van der Waals surface area contributed by atoms with E-state index in [1.165, 1.54) is 6.33 Å². The highest BCUT2D eigenvalue weighted by molar-refractivity contribution is 6.32.